The number of rotatable bonds is 7. The van der Waals surface area contributed by atoms with Crippen LogP contribution in [-0.4, -0.2) is 31.8 Å². The first kappa shape index (κ1) is 26.4. The molecular formula is C26H25ClF3N5O2. The second-order valence-corrected chi connectivity index (χ2v) is 9.26. The number of hydrogen-bond donors (Lipinski definition) is 1. The summed E-state index contributed by atoms with van der Waals surface area (Å²) in [5.74, 6) is 0.0652. The number of hydrogen-bond acceptors (Lipinski definition) is 5. The van der Waals surface area contributed by atoms with Crippen LogP contribution in [0.4, 0.5) is 13.2 Å². The molecule has 0 aliphatic heterocycles. The summed E-state index contributed by atoms with van der Waals surface area (Å²) in [6.45, 7) is 5.31. The highest BCUT2D eigenvalue weighted by Crippen LogP contribution is 2.34. The van der Waals surface area contributed by atoms with Crippen molar-refractivity contribution in [3.8, 4) is 17.1 Å². The molecule has 11 heteroatoms. The molecule has 7 nitrogen and oxygen atoms in total. The Morgan fingerprint density at radius 2 is 1.97 bits per heavy atom. The Labute approximate surface area is 216 Å². The number of halogens is 4. The number of amides is 1. The molecule has 0 saturated carbocycles. The van der Waals surface area contributed by atoms with Crippen LogP contribution in [0.5, 0.6) is 5.75 Å². The molecule has 0 spiro atoms. The summed E-state index contributed by atoms with van der Waals surface area (Å²) < 4.78 is 45.8. The van der Waals surface area contributed by atoms with E-state index in [0.717, 1.165) is 22.2 Å². The maximum absolute atomic E-state index is 12.7. The number of pyridine rings is 1. The monoisotopic (exact) mass is 531 g/mol. The van der Waals surface area contributed by atoms with Crippen molar-refractivity contribution in [2.75, 3.05) is 0 Å². The van der Waals surface area contributed by atoms with Crippen LogP contribution in [0.3, 0.4) is 0 Å². The molecule has 2 aromatic carbocycles. The van der Waals surface area contributed by atoms with Gasteiger partial charge in [0.25, 0.3) is 0 Å². The van der Waals surface area contributed by atoms with Crippen LogP contribution >= 0.6 is 11.6 Å². The maximum Gasteiger partial charge on any atom is 0.397 e. The second-order valence-electron chi connectivity index (χ2n) is 8.86. The zero-order valence-corrected chi connectivity index (χ0v) is 21.4. The van der Waals surface area contributed by atoms with Crippen LogP contribution in [0.2, 0.25) is 5.02 Å². The Balaban J connectivity index is 1.67. The van der Waals surface area contributed by atoms with Crippen LogP contribution in [0.15, 0.2) is 42.7 Å². The molecule has 0 radical (unpaired) electrons. The molecule has 0 fully saturated rings. The molecule has 2 aromatic heterocycles. The molecule has 1 atom stereocenters. The van der Waals surface area contributed by atoms with E-state index < -0.39 is 24.5 Å². The van der Waals surface area contributed by atoms with Gasteiger partial charge in [-0.1, -0.05) is 29.8 Å². The highest BCUT2D eigenvalue weighted by Gasteiger charge is 2.32. The molecule has 0 saturated heterocycles. The zero-order valence-electron chi connectivity index (χ0n) is 20.7. The van der Waals surface area contributed by atoms with E-state index in [9.17, 15) is 18.0 Å². The third-order valence-electron chi connectivity index (χ3n) is 5.83. The van der Waals surface area contributed by atoms with Crippen LogP contribution in [0, 0.1) is 13.8 Å². The van der Waals surface area contributed by atoms with Crippen molar-refractivity contribution in [1.82, 2.24) is 25.1 Å². The largest absolute Gasteiger partial charge is 0.487 e. The molecule has 1 N–H and O–H groups in total. The predicted molar refractivity (Wildman–Crippen MR) is 134 cm³/mol. The van der Waals surface area contributed by atoms with Crippen LogP contribution in [0.1, 0.15) is 41.8 Å². The van der Waals surface area contributed by atoms with E-state index in [-0.39, 0.29) is 6.61 Å². The van der Waals surface area contributed by atoms with E-state index in [0.29, 0.717) is 33.2 Å². The minimum absolute atomic E-state index is 0.0158. The van der Waals surface area contributed by atoms with E-state index >= 15 is 0 Å². The summed E-state index contributed by atoms with van der Waals surface area (Å²) in [7, 11) is 1.81. The lowest BCUT2D eigenvalue weighted by Crippen LogP contribution is -2.31. The lowest BCUT2D eigenvalue weighted by atomic mass is 9.99. The number of fused-ring (bicyclic) bond motifs is 1. The highest BCUT2D eigenvalue weighted by atomic mass is 35.5. The quantitative estimate of drug-likeness (QED) is 0.316. The SMILES string of the molecule is Cc1cc(Cl)c(COc2cccc3c(-c4ncnn4C)cc(C)nc23)c([C@H](C)NC(=O)CC(F)(F)F)c1. The van der Waals surface area contributed by atoms with Crippen molar-refractivity contribution in [2.45, 2.75) is 46.0 Å². The van der Waals surface area contributed by atoms with Crippen LogP contribution in [0.25, 0.3) is 22.3 Å². The van der Waals surface area contributed by atoms with Crippen molar-refractivity contribution >= 4 is 28.4 Å². The van der Waals surface area contributed by atoms with E-state index in [1.54, 1.807) is 36.9 Å². The van der Waals surface area contributed by atoms with Gasteiger partial charge in [0.05, 0.1) is 6.04 Å². The predicted octanol–water partition coefficient (Wildman–Crippen LogP) is 6.01. The number of alkyl halides is 3. The molecule has 194 valence electrons. The Bertz CT molecular complexity index is 1470. The number of aryl methyl sites for hydroxylation is 3. The van der Waals surface area contributed by atoms with Gasteiger partial charge in [-0.05, 0) is 50.1 Å². The van der Waals surface area contributed by atoms with Gasteiger partial charge < -0.3 is 10.1 Å². The smallest absolute Gasteiger partial charge is 0.397 e. The minimum Gasteiger partial charge on any atom is -0.487 e. The number of carbonyl (C=O) groups excluding carboxylic acids is 1. The van der Waals surface area contributed by atoms with Gasteiger partial charge in [-0.15, -0.1) is 0 Å². The third kappa shape index (κ3) is 6.02. The lowest BCUT2D eigenvalue weighted by molar-refractivity contribution is -0.154. The average Bonchev–Trinajstić information content (AvgIpc) is 3.21. The lowest BCUT2D eigenvalue weighted by Gasteiger charge is -2.21. The molecule has 4 aromatic rings. The van der Waals surface area contributed by atoms with Crippen molar-refractivity contribution in [3.63, 3.8) is 0 Å². The Morgan fingerprint density at radius 3 is 2.65 bits per heavy atom. The molecule has 0 bridgehead atoms. The molecule has 0 unspecified atom stereocenters. The van der Waals surface area contributed by atoms with Crippen molar-refractivity contribution < 1.29 is 22.7 Å². The van der Waals surface area contributed by atoms with Crippen molar-refractivity contribution in [2.24, 2.45) is 7.05 Å². The number of nitrogens with one attached hydrogen (secondary N) is 1. The Hall–Kier alpha value is -3.66. The zero-order chi connectivity index (χ0) is 26.9. The summed E-state index contributed by atoms with van der Waals surface area (Å²) in [6, 6.07) is 10.3. The normalized spacial score (nSPS) is 12.5. The first-order valence-electron chi connectivity index (χ1n) is 11.5. The summed E-state index contributed by atoms with van der Waals surface area (Å²) in [5, 5.41) is 7.78. The summed E-state index contributed by atoms with van der Waals surface area (Å²) in [4.78, 5) is 21.0. The van der Waals surface area contributed by atoms with E-state index in [4.69, 9.17) is 16.3 Å². The fourth-order valence-electron chi connectivity index (χ4n) is 4.23. The number of benzene rings is 2. The topological polar surface area (TPSA) is 81.9 Å². The molecule has 0 aliphatic carbocycles. The number of nitrogens with zero attached hydrogens (tertiary/aromatic N) is 4. The molecule has 4 rings (SSSR count). The standard InChI is InChI=1S/C26H25ClF3N5O2/c1-14-8-18(16(3)34-23(36)11-26(28,29)30)20(21(27)9-14)12-37-22-7-5-6-17-19(10-15(2)33-24(17)22)25-31-13-32-35(25)4/h5-10,13,16H,11-12H2,1-4H3,(H,34,36)/t16-/m0/s1. The average molecular weight is 532 g/mol. The van der Waals surface area contributed by atoms with Gasteiger partial charge in [0.2, 0.25) is 5.91 Å². The van der Waals surface area contributed by atoms with E-state index in [1.807, 2.05) is 32.0 Å². The third-order valence-corrected chi connectivity index (χ3v) is 6.17. The van der Waals surface area contributed by atoms with Crippen molar-refractivity contribution in [3.05, 3.63) is 70.1 Å². The molecule has 1 amide bonds. The van der Waals surface area contributed by atoms with Gasteiger partial charge in [0, 0.05) is 34.3 Å². The van der Waals surface area contributed by atoms with Crippen molar-refractivity contribution in [1.29, 1.82) is 0 Å². The maximum atomic E-state index is 12.7. The van der Waals surface area contributed by atoms with E-state index in [1.165, 1.54) is 6.33 Å². The number of carbonyl (C=O) groups is 1. The number of para-hydroxylation sites is 1. The summed E-state index contributed by atoms with van der Waals surface area (Å²) in [5.41, 5.74) is 4.17. The fraction of sp³-hybridized carbons (Fsp3) is 0.308. The van der Waals surface area contributed by atoms with E-state index in [2.05, 4.69) is 20.4 Å². The Kier molecular flexibility index (Phi) is 7.40. The first-order chi connectivity index (χ1) is 17.4. The summed E-state index contributed by atoms with van der Waals surface area (Å²) in [6.07, 6.45) is -4.67. The van der Waals surface area contributed by atoms with Gasteiger partial charge >= 0.3 is 6.18 Å². The summed E-state index contributed by atoms with van der Waals surface area (Å²) >= 11 is 6.54. The molecule has 37 heavy (non-hydrogen) atoms. The first-order valence-corrected chi connectivity index (χ1v) is 11.8. The fourth-order valence-corrected chi connectivity index (χ4v) is 4.57. The number of aromatic nitrogens is 4. The van der Waals surface area contributed by atoms with Gasteiger partial charge in [-0.25, -0.2) is 14.6 Å². The highest BCUT2D eigenvalue weighted by molar-refractivity contribution is 6.31. The Morgan fingerprint density at radius 1 is 1.22 bits per heavy atom. The van der Waals surface area contributed by atoms with Crippen LogP contribution < -0.4 is 10.1 Å². The van der Waals surface area contributed by atoms with Gasteiger partial charge in [0.15, 0.2) is 5.82 Å². The van der Waals surface area contributed by atoms with Crippen LogP contribution in [-0.2, 0) is 18.4 Å². The van der Waals surface area contributed by atoms with Gasteiger partial charge in [0.1, 0.15) is 30.6 Å². The molecule has 0 aliphatic rings. The molecule has 2 heterocycles. The number of ether oxygens (including phenoxy) is 1. The minimum atomic E-state index is -4.59. The van der Waals surface area contributed by atoms with Gasteiger partial charge in [-0.3, -0.25) is 4.79 Å². The molecular weight excluding hydrogens is 507 g/mol. The van der Waals surface area contributed by atoms with Gasteiger partial charge in [-0.2, -0.15) is 18.3 Å². The second kappa shape index (κ2) is 10.4.